The molecule has 0 fully saturated rings. The number of hydrogen-bond donors (Lipinski definition) is 1. The van der Waals surface area contributed by atoms with Gasteiger partial charge in [-0.2, -0.15) is 0 Å². The highest BCUT2D eigenvalue weighted by molar-refractivity contribution is 6.30. The minimum atomic E-state index is -1.15. The first-order chi connectivity index (χ1) is 10.1. The van der Waals surface area contributed by atoms with Crippen molar-refractivity contribution in [2.75, 3.05) is 6.61 Å². The molecule has 0 saturated heterocycles. The Morgan fingerprint density at radius 1 is 1.48 bits per heavy atom. The van der Waals surface area contributed by atoms with Gasteiger partial charge in [0.1, 0.15) is 11.6 Å². The standard InChI is InChI=1S/C14H12ClFN2O3/c15-8-2-3-9(10(16)6-8)13-17-12(14(19)20)11-7-21-5-1-4-18(11)13/h2-3,6H,1,4-5,7H2,(H,19,20). The summed E-state index contributed by atoms with van der Waals surface area (Å²) >= 11 is 5.75. The van der Waals surface area contributed by atoms with E-state index in [2.05, 4.69) is 4.98 Å². The molecule has 0 bridgehead atoms. The van der Waals surface area contributed by atoms with E-state index in [1.165, 1.54) is 12.1 Å². The van der Waals surface area contributed by atoms with E-state index in [0.717, 1.165) is 0 Å². The summed E-state index contributed by atoms with van der Waals surface area (Å²) in [5.41, 5.74) is 0.598. The monoisotopic (exact) mass is 310 g/mol. The zero-order chi connectivity index (χ0) is 15.0. The lowest BCUT2D eigenvalue weighted by Crippen LogP contribution is -2.06. The molecular weight excluding hydrogens is 299 g/mol. The predicted octanol–water partition coefficient (Wildman–Crippen LogP) is 2.96. The second kappa shape index (κ2) is 5.46. The first-order valence-electron chi connectivity index (χ1n) is 6.44. The third-order valence-corrected chi connectivity index (χ3v) is 3.59. The first kappa shape index (κ1) is 14.0. The van der Waals surface area contributed by atoms with Crippen LogP contribution in [0.25, 0.3) is 11.4 Å². The van der Waals surface area contributed by atoms with Gasteiger partial charge in [0, 0.05) is 18.2 Å². The number of carboxylic acid groups (broad SMARTS) is 1. The third kappa shape index (κ3) is 2.52. The average Bonchev–Trinajstić information content (AvgIpc) is 2.63. The highest BCUT2D eigenvalue weighted by Crippen LogP contribution is 2.28. The van der Waals surface area contributed by atoms with E-state index in [9.17, 15) is 14.3 Å². The number of benzene rings is 1. The molecule has 2 aromatic rings. The second-order valence-electron chi connectivity index (χ2n) is 4.72. The zero-order valence-electron chi connectivity index (χ0n) is 11.0. The average molecular weight is 311 g/mol. The maximum atomic E-state index is 14.1. The molecule has 0 amide bonds. The van der Waals surface area contributed by atoms with Crippen LogP contribution in [0, 0.1) is 5.82 Å². The molecule has 1 N–H and O–H groups in total. The number of rotatable bonds is 2. The molecule has 0 saturated carbocycles. The van der Waals surface area contributed by atoms with Gasteiger partial charge in [0.15, 0.2) is 5.69 Å². The Labute approximate surface area is 124 Å². The largest absolute Gasteiger partial charge is 0.476 e. The van der Waals surface area contributed by atoms with Crippen LogP contribution in [0.15, 0.2) is 18.2 Å². The Morgan fingerprint density at radius 3 is 3.00 bits per heavy atom. The lowest BCUT2D eigenvalue weighted by Gasteiger charge is -2.08. The van der Waals surface area contributed by atoms with Crippen LogP contribution in [0.2, 0.25) is 5.02 Å². The Morgan fingerprint density at radius 2 is 2.29 bits per heavy atom. The molecule has 110 valence electrons. The van der Waals surface area contributed by atoms with Gasteiger partial charge in [-0.1, -0.05) is 11.6 Å². The van der Waals surface area contributed by atoms with Crippen LogP contribution in [-0.4, -0.2) is 27.2 Å². The molecule has 1 aromatic heterocycles. The Kier molecular flexibility index (Phi) is 3.65. The van der Waals surface area contributed by atoms with Crippen LogP contribution < -0.4 is 0 Å². The lowest BCUT2D eigenvalue weighted by atomic mass is 10.2. The maximum Gasteiger partial charge on any atom is 0.356 e. The Bertz CT molecular complexity index is 714. The summed E-state index contributed by atoms with van der Waals surface area (Å²) in [7, 11) is 0. The van der Waals surface area contributed by atoms with Gasteiger partial charge in [0.2, 0.25) is 0 Å². The third-order valence-electron chi connectivity index (χ3n) is 3.36. The predicted molar refractivity (Wildman–Crippen MR) is 73.9 cm³/mol. The summed E-state index contributed by atoms with van der Waals surface area (Å²) in [5.74, 6) is -1.38. The van der Waals surface area contributed by atoms with E-state index in [1.54, 1.807) is 10.6 Å². The number of nitrogens with zero attached hydrogens (tertiary/aromatic N) is 2. The van der Waals surface area contributed by atoms with E-state index in [0.29, 0.717) is 31.1 Å². The van der Waals surface area contributed by atoms with Gasteiger partial charge in [-0.15, -0.1) is 0 Å². The van der Waals surface area contributed by atoms with Gasteiger partial charge in [-0.05, 0) is 24.6 Å². The molecule has 0 aliphatic carbocycles. The molecule has 21 heavy (non-hydrogen) atoms. The Balaban J connectivity index is 2.20. The highest BCUT2D eigenvalue weighted by Gasteiger charge is 2.25. The van der Waals surface area contributed by atoms with Crippen LogP contribution >= 0.6 is 11.6 Å². The minimum absolute atomic E-state index is 0.0961. The fraction of sp³-hybridized carbons (Fsp3) is 0.286. The zero-order valence-corrected chi connectivity index (χ0v) is 11.7. The van der Waals surface area contributed by atoms with Crippen LogP contribution in [-0.2, 0) is 17.9 Å². The molecule has 0 spiro atoms. The SMILES string of the molecule is O=C(O)c1nc(-c2ccc(Cl)cc2F)n2c1COCCC2. The quantitative estimate of drug-likeness (QED) is 0.926. The molecule has 1 aromatic carbocycles. The number of aromatic nitrogens is 2. The van der Waals surface area contributed by atoms with Crippen molar-refractivity contribution in [3.05, 3.63) is 40.4 Å². The number of aromatic carboxylic acids is 1. The van der Waals surface area contributed by atoms with E-state index in [1.807, 2.05) is 0 Å². The van der Waals surface area contributed by atoms with Crippen LogP contribution in [0.4, 0.5) is 4.39 Å². The number of hydrogen-bond acceptors (Lipinski definition) is 3. The molecule has 0 unspecified atom stereocenters. The van der Waals surface area contributed by atoms with E-state index < -0.39 is 11.8 Å². The van der Waals surface area contributed by atoms with Crippen molar-refractivity contribution < 1.29 is 19.0 Å². The van der Waals surface area contributed by atoms with Crippen molar-refractivity contribution in [1.82, 2.24) is 9.55 Å². The topological polar surface area (TPSA) is 64.3 Å². The van der Waals surface area contributed by atoms with Crippen LogP contribution in [0.3, 0.4) is 0 Å². The number of carboxylic acids is 1. The van der Waals surface area contributed by atoms with E-state index >= 15 is 0 Å². The van der Waals surface area contributed by atoms with Gasteiger partial charge in [0.05, 0.1) is 17.9 Å². The number of halogens is 2. The summed E-state index contributed by atoms with van der Waals surface area (Å²) < 4.78 is 21.2. The normalized spacial score (nSPS) is 14.6. The summed E-state index contributed by atoms with van der Waals surface area (Å²) in [4.78, 5) is 15.4. The Hall–Kier alpha value is -1.92. The molecule has 0 radical (unpaired) electrons. The van der Waals surface area contributed by atoms with Gasteiger partial charge in [-0.25, -0.2) is 14.2 Å². The maximum absolute atomic E-state index is 14.1. The van der Waals surface area contributed by atoms with Crippen molar-refractivity contribution in [2.45, 2.75) is 19.6 Å². The van der Waals surface area contributed by atoms with Crippen molar-refractivity contribution in [2.24, 2.45) is 0 Å². The number of carbonyl (C=O) groups is 1. The number of imidazole rings is 1. The van der Waals surface area contributed by atoms with Crippen molar-refractivity contribution in [1.29, 1.82) is 0 Å². The molecule has 5 nitrogen and oxygen atoms in total. The van der Waals surface area contributed by atoms with Crippen molar-refractivity contribution in [3.8, 4) is 11.4 Å². The van der Waals surface area contributed by atoms with Gasteiger partial charge in [-0.3, -0.25) is 0 Å². The second-order valence-corrected chi connectivity index (χ2v) is 5.15. The fourth-order valence-electron chi connectivity index (χ4n) is 2.41. The van der Waals surface area contributed by atoms with Gasteiger partial charge >= 0.3 is 5.97 Å². The lowest BCUT2D eigenvalue weighted by molar-refractivity contribution is 0.0682. The molecule has 3 rings (SSSR count). The van der Waals surface area contributed by atoms with E-state index in [4.69, 9.17) is 16.3 Å². The van der Waals surface area contributed by atoms with E-state index in [-0.39, 0.29) is 22.9 Å². The van der Waals surface area contributed by atoms with Gasteiger partial charge < -0.3 is 14.4 Å². The number of ether oxygens (including phenoxy) is 1. The molecule has 2 heterocycles. The molecule has 1 aliphatic heterocycles. The number of fused-ring (bicyclic) bond motifs is 1. The molecule has 7 heteroatoms. The summed E-state index contributed by atoms with van der Waals surface area (Å²) in [6.07, 6.45) is 0.713. The van der Waals surface area contributed by atoms with Crippen molar-refractivity contribution >= 4 is 17.6 Å². The molecule has 1 aliphatic rings. The highest BCUT2D eigenvalue weighted by atomic mass is 35.5. The smallest absolute Gasteiger partial charge is 0.356 e. The first-order valence-corrected chi connectivity index (χ1v) is 6.81. The fourth-order valence-corrected chi connectivity index (χ4v) is 2.57. The summed E-state index contributed by atoms with van der Waals surface area (Å²) in [6, 6.07) is 4.24. The van der Waals surface area contributed by atoms with Crippen LogP contribution in [0.1, 0.15) is 22.6 Å². The van der Waals surface area contributed by atoms with Gasteiger partial charge in [0.25, 0.3) is 0 Å². The summed E-state index contributed by atoms with van der Waals surface area (Å²) in [5, 5.41) is 9.54. The summed E-state index contributed by atoms with van der Waals surface area (Å²) in [6.45, 7) is 1.22. The van der Waals surface area contributed by atoms with Crippen LogP contribution in [0.5, 0.6) is 0 Å². The van der Waals surface area contributed by atoms with Crippen molar-refractivity contribution in [3.63, 3.8) is 0 Å². The molecule has 0 atom stereocenters. The minimum Gasteiger partial charge on any atom is -0.476 e. The molecular formula is C14H12ClFN2O3.